The number of aliphatic imine (C=N–C) groups is 1. The number of rotatable bonds is 4. The molecule has 2 aromatic heterocycles. The monoisotopic (exact) mass is 442 g/mol. The Bertz CT molecular complexity index is 1070. The van der Waals surface area contributed by atoms with Crippen molar-refractivity contribution in [1.82, 2.24) is 14.5 Å². The van der Waals surface area contributed by atoms with E-state index in [0.717, 1.165) is 34.4 Å². The highest BCUT2D eigenvalue weighted by Gasteiger charge is 2.46. The van der Waals surface area contributed by atoms with Crippen LogP contribution < -0.4 is 0 Å². The summed E-state index contributed by atoms with van der Waals surface area (Å²) >= 11 is 14.5. The highest BCUT2D eigenvalue weighted by atomic mass is 35.5. The van der Waals surface area contributed by atoms with E-state index in [0.29, 0.717) is 16.1 Å². The van der Waals surface area contributed by atoms with Crippen molar-refractivity contribution in [3.05, 3.63) is 82.4 Å². The Hall–Kier alpha value is -1.95. The van der Waals surface area contributed by atoms with Crippen LogP contribution in [-0.4, -0.2) is 31.4 Å². The lowest BCUT2D eigenvalue weighted by atomic mass is 9.99. The van der Waals surface area contributed by atoms with Crippen LogP contribution in [0.25, 0.3) is 5.69 Å². The minimum absolute atomic E-state index is 0.0484. The summed E-state index contributed by atoms with van der Waals surface area (Å²) in [6.07, 6.45) is 4.98. The maximum Gasteiger partial charge on any atom is 0.160 e. The molecule has 148 valence electrons. The first-order valence-corrected chi connectivity index (χ1v) is 11.4. The first-order chi connectivity index (χ1) is 14.2. The zero-order valence-corrected chi connectivity index (χ0v) is 18.2. The van der Waals surface area contributed by atoms with E-state index in [1.165, 1.54) is 0 Å². The van der Waals surface area contributed by atoms with Crippen molar-refractivity contribution in [1.29, 1.82) is 0 Å². The van der Waals surface area contributed by atoms with Gasteiger partial charge in [0.1, 0.15) is 12.1 Å². The zero-order valence-electron chi connectivity index (χ0n) is 15.9. The first kappa shape index (κ1) is 19.0. The van der Waals surface area contributed by atoms with Gasteiger partial charge in [-0.1, -0.05) is 48.0 Å². The van der Waals surface area contributed by atoms with Gasteiger partial charge >= 0.3 is 0 Å². The Kier molecular flexibility index (Phi) is 5.06. The van der Waals surface area contributed by atoms with E-state index in [9.17, 15) is 0 Å². The third-order valence-electron chi connectivity index (χ3n) is 5.58. The standard InChI is InChI=1S/C22H20Cl2N4S/c1-2-15-13-29-22-26-20(17-6-3-4-10-25-17)21(28(15)22)19-7-5-11-27(19)18-9-8-14(23)12-16(18)24/h3-12,15,20-21H,2,13H2,1H3/t15-,20-,21-/m1/s1. The second kappa shape index (κ2) is 7.71. The molecule has 7 heteroatoms. The molecule has 0 N–H and O–H groups in total. The smallest absolute Gasteiger partial charge is 0.160 e. The molecule has 3 aromatic rings. The van der Waals surface area contributed by atoms with E-state index in [-0.39, 0.29) is 12.1 Å². The minimum atomic E-state index is -0.0484. The van der Waals surface area contributed by atoms with E-state index < -0.39 is 0 Å². The first-order valence-electron chi connectivity index (χ1n) is 9.70. The van der Waals surface area contributed by atoms with Crippen LogP contribution in [0.4, 0.5) is 0 Å². The Morgan fingerprint density at radius 2 is 2.03 bits per heavy atom. The molecule has 0 amide bonds. The second-order valence-corrected chi connectivity index (χ2v) is 9.07. The van der Waals surface area contributed by atoms with Crippen molar-refractivity contribution in [2.24, 2.45) is 4.99 Å². The van der Waals surface area contributed by atoms with Crippen LogP contribution in [0.1, 0.15) is 36.8 Å². The van der Waals surface area contributed by atoms with E-state index >= 15 is 0 Å². The fraction of sp³-hybridized carbons (Fsp3) is 0.273. The van der Waals surface area contributed by atoms with Gasteiger partial charge in [-0.15, -0.1) is 0 Å². The number of aromatic nitrogens is 2. The predicted molar refractivity (Wildman–Crippen MR) is 121 cm³/mol. The van der Waals surface area contributed by atoms with Gasteiger partial charge < -0.3 is 9.47 Å². The molecular weight excluding hydrogens is 423 g/mol. The fourth-order valence-corrected chi connectivity index (χ4v) is 6.04. The van der Waals surface area contributed by atoms with Crippen LogP contribution in [0, 0.1) is 0 Å². The maximum atomic E-state index is 6.56. The summed E-state index contributed by atoms with van der Waals surface area (Å²) in [6.45, 7) is 2.24. The number of fused-ring (bicyclic) bond motifs is 1. The number of thioether (sulfide) groups is 1. The van der Waals surface area contributed by atoms with Gasteiger partial charge in [0, 0.05) is 34.9 Å². The highest BCUT2D eigenvalue weighted by Crippen LogP contribution is 2.49. The molecule has 0 aliphatic carbocycles. The van der Waals surface area contributed by atoms with E-state index in [1.54, 1.807) is 6.07 Å². The number of amidine groups is 1. The molecule has 1 aromatic carbocycles. The summed E-state index contributed by atoms with van der Waals surface area (Å²) in [4.78, 5) is 12.2. The van der Waals surface area contributed by atoms with Gasteiger partial charge in [-0.3, -0.25) is 9.98 Å². The van der Waals surface area contributed by atoms with Gasteiger partial charge in [0.25, 0.3) is 0 Å². The van der Waals surface area contributed by atoms with Crippen LogP contribution in [0.5, 0.6) is 0 Å². The molecule has 0 spiro atoms. The summed E-state index contributed by atoms with van der Waals surface area (Å²) < 4.78 is 2.16. The molecule has 3 atom stereocenters. The third-order valence-corrected chi connectivity index (χ3v) is 7.25. The van der Waals surface area contributed by atoms with Gasteiger partial charge in [0.2, 0.25) is 0 Å². The maximum absolute atomic E-state index is 6.56. The SMILES string of the molecule is CC[C@@H]1CSC2=N[C@H](c3ccccn3)[C@@H](c3cccn3-c3ccc(Cl)cc3Cl)N21. The van der Waals surface area contributed by atoms with Crippen LogP contribution >= 0.6 is 35.0 Å². The summed E-state index contributed by atoms with van der Waals surface area (Å²) in [5, 5.41) is 2.38. The van der Waals surface area contributed by atoms with E-state index in [4.69, 9.17) is 28.2 Å². The van der Waals surface area contributed by atoms with Gasteiger partial charge in [0.05, 0.1) is 16.4 Å². The molecule has 0 unspecified atom stereocenters. The second-order valence-electron chi connectivity index (χ2n) is 7.24. The fourth-order valence-electron chi connectivity index (χ4n) is 4.20. The van der Waals surface area contributed by atoms with Crippen molar-refractivity contribution in [2.45, 2.75) is 31.5 Å². The molecular formula is C22H20Cl2N4S. The quantitative estimate of drug-likeness (QED) is 0.484. The highest BCUT2D eigenvalue weighted by molar-refractivity contribution is 8.14. The Morgan fingerprint density at radius 3 is 2.79 bits per heavy atom. The number of nitrogens with zero attached hydrogens (tertiary/aromatic N) is 4. The number of halogens is 2. The van der Waals surface area contributed by atoms with E-state index in [2.05, 4.69) is 45.8 Å². The number of benzene rings is 1. The molecule has 4 nitrogen and oxygen atoms in total. The minimum Gasteiger partial charge on any atom is -0.337 e. The molecule has 0 radical (unpaired) electrons. The van der Waals surface area contributed by atoms with Crippen LogP contribution in [0.15, 0.2) is 65.9 Å². The molecule has 29 heavy (non-hydrogen) atoms. The number of hydrogen-bond acceptors (Lipinski definition) is 4. The summed E-state index contributed by atoms with van der Waals surface area (Å²) in [5.74, 6) is 1.07. The third kappa shape index (κ3) is 3.25. The zero-order chi connectivity index (χ0) is 20.0. The lowest BCUT2D eigenvalue weighted by Gasteiger charge is -2.32. The summed E-state index contributed by atoms with van der Waals surface area (Å²) in [5.41, 5.74) is 3.07. The van der Waals surface area contributed by atoms with Crippen molar-refractivity contribution in [3.8, 4) is 5.69 Å². The average molecular weight is 443 g/mol. The van der Waals surface area contributed by atoms with Gasteiger partial charge in [-0.25, -0.2) is 0 Å². The molecule has 1 saturated heterocycles. The van der Waals surface area contributed by atoms with Crippen LogP contribution in [0.2, 0.25) is 10.0 Å². The van der Waals surface area contributed by atoms with Crippen molar-refractivity contribution in [3.63, 3.8) is 0 Å². The normalized spacial score (nSPS) is 23.3. The molecule has 0 bridgehead atoms. The van der Waals surface area contributed by atoms with Crippen LogP contribution in [-0.2, 0) is 0 Å². The lowest BCUT2D eigenvalue weighted by Crippen LogP contribution is -2.36. The Morgan fingerprint density at radius 1 is 1.14 bits per heavy atom. The molecule has 2 aliphatic rings. The van der Waals surface area contributed by atoms with Gasteiger partial charge in [-0.2, -0.15) is 0 Å². The number of hydrogen-bond donors (Lipinski definition) is 0. The largest absolute Gasteiger partial charge is 0.337 e. The topological polar surface area (TPSA) is 33.4 Å². The average Bonchev–Trinajstić information content (AvgIpc) is 3.43. The molecule has 5 rings (SSSR count). The summed E-state index contributed by atoms with van der Waals surface area (Å²) in [7, 11) is 0. The van der Waals surface area contributed by atoms with Gasteiger partial charge in [-0.05, 0) is 48.9 Å². The Labute approximate surface area is 184 Å². The number of pyridine rings is 1. The van der Waals surface area contributed by atoms with Gasteiger partial charge in [0.15, 0.2) is 5.17 Å². The molecule has 0 saturated carbocycles. The van der Waals surface area contributed by atoms with E-state index in [1.807, 2.05) is 42.2 Å². The molecule has 4 heterocycles. The van der Waals surface area contributed by atoms with Crippen molar-refractivity contribution >= 4 is 40.1 Å². The molecule has 1 fully saturated rings. The van der Waals surface area contributed by atoms with Crippen molar-refractivity contribution in [2.75, 3.05) is 5.75 Å². The summed E-state index contributed by atoms with van der Waals surface area (Å²) in [6, 6.07) is 16.4. The lowest BCUT2D eigenvalue weighted by molar-refractivity contribution is 0.249. The predicted octanol–water partition coefficient (Wildman–Crippen LogP) is 6.16. The Balaban J connectivity index is 1.64. The molecule has 2 aliphatic heterocycles. The van der Waals surface area contributed by atoms with Crippen LogP contribution in [0.3, 0.4) is 0 Å². The van der Waals surface area contributed by atoms with Crippen molar-refractivity contribution < 1.29 is 0 Å².